The molecule has 0 amide bonds. The van der Waals surface area contributed by atoms with Gasteiger partial charge in [0.05, 0.1) is 0 Å². The number of hydrogen-bond donors (Lipinski definition) is 4. The average molecular weight is 267 g/mol. The molecule has 0 aromatic carbocycles. The monoisotopic (exact) mass is 266 g/mol. The molecule has 11 heteroatoms. The Morgan fingerprint density at radius 1 is 0.818 bits per heavy atom. The van der Waals surface area contributed by atoms with Crippen LogP contribution in [0.4, 0.5) is 0 Å². The molecule has 0 unspecified atom stereocenters. The maximum absolute atomic E-state index is 9.20. The van der Waals surface area contributed by atoms with Crippen LogP contribution in [0.15, 0.2) is 0 Å². The second kappa shape index (κ2) is 16.1. The summed E-state index contributed by atoms with van der Waals surface area (Å²) in [5, 5.41) is 18.4. The molecule has 0 aliphatic rings. The van der Waals surface area contributed by atoms with Gasteiger partial charge in [-0.1, -0.05) is 0 Å². The molecular formula is H12N6O4Pd. The zero-order valence-corrected chi connectivity index (χ0v) is 7.23. The standard InChI is InChI=1S/2NO2.4H3N.Pd/c2*2-1-3;;;;;/h;;4*1H3;. The number of nitro groups is 2. The zero-order valence-electron chi connectivity index (χ0n) is 5.67. The van der Waals surface area contributed by atoms with Gasteiger partial charge in [-0.25, -0.2) is 0 Å². The molecule has 76 valence electrons. The van der Waals surface area contributed by atoms with E-state index >= 15 is 0 Å². The first-order valence-corrected chi connectivity index (χ1v) is 2.40. The molecule has 0 saturated carbocycles. The molecule has 0 fully saturated rings. The number of hydrogen-bond acceptors (Lipinski definition) is 8. The Bertz CT molecular complexity index is 90.8. The summed E-state index contributed by atoms with van der Waals surface area (Å²) in [4.78, 5) is 18.4. The summed E-state index contributed by atoms with van der Waals surface area (Å²) in [5.74, 6) is 0. The summed E-state index contributed by atoms with van der Waals surface area (Å²) >= 11 is -1.58. The molecule has 0 aliphatic heterocycles. The Labute approximate surface area is 71.1 Å². The predicted molar refractivity (Wildman–Crippen MR) is 34.1 cm³/mol. The van der Waals surface area contributed by atoms with E-state index in [0.29, 0.717) is 0 Å². The Balaban J connectivity index is -0.0000000300. The van der Waals surface area contributed by atoms with Crippen LogP contribution in [-0.2, 0) is 18.5 Å². The molecule has 10 nitrogen and oxygen atoms in total. The quantitative estimate of drug-likeness (QED) is 0.303. The Hall–Kier alpha value is -0.698. The van der Waals surface area contributed by atoms with Gasteiger partial charge < -0.3 is 24.6 Å². The van der Waals surface area contributed by atoms with E-state index in [1.807, 2.05) is 0 Å². The van der Waals surface area contributed by atoms with Crippen molar-refractivity contribution in [2.45, 2.75) is 0 Å². The van der Waals surface area contributed by atoms with Crippen LogP contribution in [0.3, 0.4) is 0 Å². The van der Waals surface area contributed by atoms with Crippen LogP contribution in [0.5, 0.6) is 0 Å². The van der Waals surface area contributed by atoms with E-state index in [2.05, 4.69) is 0 Å². The van der Waals surface area contributed by atoms with Crippen molar-refractivity contribution in [2.24, 2.45) is 0 Å². The van der Waals surface area contributed by atoms with Crippen LogP contribution in [-0.4, -0.2) is 7.11 Å². The fourth-order valence-electron chi connectivity index (χ4n) is 0.0422. The predicted octanol–water partition coefficient (Wildman–Crippen LogP) is 0.100. The van der Waals surface area contributed by atoms with E-state index < -0.39 is 25.6 Å². The van der Waals surface area contributed by atoms with E-state index in [1.165, 1.54) is 0 Å². The molecule has 0 spiro atoms. The van der Waals surface area contributed by atoms with Crippen LogP contribution in [0.25, 0.3) is 0 Å². The van der Waals surface area contributed by atoms with Crippen LogP contribution >= 0.6 is 0 Å². The number of rotatable bonds is 2. The second-order valence-corrected chi connectivity index (χ2v) is 1.89. The van der Waals surface area contributed by atoms with E-state index in [4.69, 9.17) is 0 Å². The first kappa shape index (κ1) is 31.7. The van der Waals surface area contributed by atoms with Crippen molar-refractivity contribution in [1.82, 2.24) is 24.6 Å². The zero-order chi connectivity index (χ0) is 5.86. The van der Waals surface area contributed by atoms with Crippen molar-refractivity contribution in [3.8, 4) is 0 Å². The third-order valence-electron chi connectivity index (χ3n) is 0.103. The molecule has 12 N–H and O–H groups in total. The van der Waals surface area contributed by atoms with Gasteiger partial charge in [-0.05, 0) is 0 Å². The third-order valence-corrected chi connectivity index (χ3v) is 0.611. The van der Waals surface area contributed by atoms with Gasteiger partial charge in [0.2, 0.25) is 0 Å². The van der Waals surface area contributed by atoms with Crippen LogP contribution in [0.1, 0.15) is 0 Å². The van der Waals surface area contributed by atoms with Crippen molar-refractivity contribution in [1.29, 1.82) is 0 Å². The van der Waals surface area contributed by atoms with Gasteiger partial charge in [0.15, 0.2) is 0 Å². The van der Waals surface area contributed by atoms with Gasteiger partial charge in [0.25, 0.3) is 0 Å². The van der Waals surface area contributed by atoms with Gasteiger partial charge in [-0.15, -0.1) is 0 Å². The van der Waals surface area contributed by atoms with Gasteiger partial charge in [-0.2, -0.15) is 0 Å². The molecule has 0 aliphatic carbocycles. The molecule has 0 heterocycles. The Kier molecular flexibility index (Phi) is 46.5. The summed E-state index contributed by atoms with van der Waals surface area (Å²) in [7, 11) is 0. The van der Waals surface area contributed by atoms with Crippen LogP contribution < -0.4 is 24.6 Å². The molecule has 11 heavy (non-hydrogen) atoms. The molecule has 0 atom stereocenters. The van der Waals surface area contributed by atoms with Gasteiger partial charge >= 0.3 is 45.8 Å². The van der Waals surface area contributed by atoms with Crippen molar-refractivity contribution in [3.63, 3.8) is 0 Å². The molecular weight excluding hydrogens is 254 g/mol. The third kappa shape index (κ3) is 45.5. The first-order valence-electron chi connectivity index (χ1n) is 1.01. The Morgan fingerprint density at radius 3 is 1.00 bits per heavy atom. The molecule has 0 radical (unpaired) electrons. The van der Waals surface area contributed by atoms with Crippen molar-refractivity contribution < 1.29 is 25.6 Å². The molecule has 0 bridgehead atoms. The van der Waals surface area contributed by atoms with E-state index in [0.717, 1.165) is 0 Å². The van der Waals surface area contributed by atoms with Gasteiger partial charge in [0, 0.05) is 0 Å². The van der Waals surface area contributed by atoms with Crippen molar-refractivity contribution >= 4 is 0 Å². The fraction of sp³-hybridized carbons (Fsp3) is 0. The van der Waals surface area contributed by atoms with Crippen LogP contribution in [0, 0.1) is 20.2 Å². The maximum atomic E-state index is 9.20. The summed E-state index contributed by atoms with van der Waals surface area (Å²) in [5.41, 5.74) is 0. The van der Waals surface area contributed by atoms with E-state index in [1.54, 1.807) is 0 Å². The van der Waals surface area contributed by atoms with Crippen molar-refractivity contribution in [2.75, 3.05) is 0 Å². The van der Waals surface area contributed by atoms with Gasteiger partial charge in [0.1, 0.15) is 0 Å². The Morgan fingerprint density at radius 2 is 1.00 bits per heavy atom. The number of nitrogens with zero attached hydrogens (tertiary/aromatic N) is 2. The van der Waals surface area contributed by atoms with Crippen LogP contribution in [0.2, 0.25) is 0 Å². The second-order valence-electron chi connectivity index (χ2n) is 0.443. The fourth-order valence-corrected chi connectivity index (χ4v) is 0.249. The normalized spacial score (nSPS) is 5.45. The SMILES string of the molecule is N.N.N.N.O=[N+]([O-])[Pd][N+](=O)[O-]. The molecule has 0 aromatic rings. The van der Waals surface area contributed by atoms with E-state index in [9.17, 15) is 20.2 Å². The summed E-state index contributed by atoms with van der Waals surface area (Å²) in [6.45, 7) is 0. The molecule has 0 aromatic heterocycles. The summed E-state index contributed by atoms with van der Waals surface area (Å²) in [6, 6.07) is 0. The average Bonchev–Trinajstić information content (AvgIpc) is 1.27. The summed E-state index contributed by atoms with van der Waals surface area (Å²) < 4.78 is -1.90. The molecule has 0 saturated heterocycles. The minimum absolute atomic E-state index is 0. The van der Waals surface area contributed by atoms with Crippen molar-refractivity contribution in [3.05, 3.63) is 20.2 Å². The van der Waals surface area contributed by atoms with E-state index in [-0.39, 0.29) is 24.6 Å². The first-order chi connectivity index (χ1) is 3.13. The summed E-state index contributed by atoms with van der Waals surface area (Å²) in [6.07, 6.45) is 0. The topological polar surface area (TPSA) is 226 Å². The van der Waals surface area contributed by atoms with Gasteiger partial charge in [-0.3, -0.25) is 0 Å². The minimum atomic E-state index is -1.58. The molecule has 0 rings (SSSR count).